The summed E-state index contributed by atoms with van der Waals surface area (Å²) in [4.78, 5) is 15.9. The van der Waals surface area contributed by atoms with Gasteiger partial charge in [0.15, 0.2) is 0 Å². The van der Waals surface area contributed by atoms with Gasteiger partial charge in [-0.3, -0.25) is 5.32 Å². The zero-order valence-corrected chi connectivity index (χ0v) is 13.4. The largest absolute Gasteiger partial charge is 0.443 e. The van der Waals surface area contributed by atoms with Gasteiger partial charge < -0.3 is 9.73 Å². The summed E-state index contributed by atoms with van der Waals surface area (Å²) in [6, 6.07) is -0.357. The van der Waals surface area contributed by atoms with Gasteiger partial charge in [0.05, 0.1) is 12.7 Å². The number of oxazole rings is 1. The van der Waals surface area contributed by atoms with Crippen LogP contribution < -0.4 is 10.6 Å². The van der Waals surface area contributed by atoms with E-state index in [4.69, 9.17) is 4.42 Å². The number of aryl methyl sites for hydroxylation is 1. The van der Waals surface area contributed by atoms with E-state index in [0.29, 0.717) is 11.0 Å². The molecule has 2 aromatic heterocycles. The normalized spacial score (nSPS) is 11.4. The van der Waals surface area contributed by atoms with Gasteiger partial charge in [-0.1, -0.05) is 39.0 Å². The lowest BCUT2D eigenvalue weighted by Gasteiger charge is -2.13. The van der Waals surface area contributed by atoms with E-state index < -0.39 is 0 Å². The number of urea groups is 1. The summed E-state index contributed by atoms with van der Waals surface area (Å²) in [5.41, 5.74) is -0.101. The molecule has 0 bridgehead atoms. The van der Waals surface area contributed by atoms with Crippen molar-refractivity contribution >= 4 is 22.5 Å². The van der Waals surface area contributed by atoms with Crippen LogP contribution in [0.1, 0.15) is 44.4 Å². The molecule has 0 saturated carbocycles. The highest BCUT2D eigenvalue weighted by atomic mass is 32.1. The molecule has 114 valence electrons. The van der Waals surface area contributed by atoms with E-state index in [1.165, 1.54) is 11.3 Å². The summed E-state index contributed by atoms with van der Waals surface area (Å²) in [7, 11) is 0. The van der Waals surface area contributed by atoms with Gasteiger partial charge >= 0.3 is 6.03 Å². The Labute approximate surface area is 127 Å². The summed E-state index contributed by atoms with van der Waals surface area (Å²) in [6.45, 7) is 8.33. The highest BCUT2D eigenvalue weighted by molar-refractivity contribution is 7.15. The van der Waals surface area contributed by atoms with Gasteiger partial charge in [-0.25, -0.2) is 9.78 Å². The van der Waals surface area contributed by atoms with Crippen molar-refractivity contribution in [2.24, 2.45) is 0 Å². The van der Waals surface area contributed by atoms with Crippen molar-refractivity contribution in [3.05, 3.63) is 22.9 Å². The lowest BCUT2D eigenvalue weighted by molar-refractivity contribution is 0.250. The van der Waals surface area contributed by atoms with Crippen molar-refractivity contribution in [2.45, 2.75) is 46.1 Å². The SMILES string of the molecule is CCc1nnc(NC(=O)NCc2ncc(C(C)(C)C)o2)s1. The summed E-state index contributed by atoms with van der Waals surface area (Å²) in [5, 5.41) is 14.5. The molecular weight excluding hydrogens is 290 g/mol. The molecule has 2 rings (SSSR count). The average molecular weight is 309 g/mol. The van der Waals surface area contributed by atoms with Crippen LogP contribution in [-0.2, 0) is 18.4 Å². The number of nitrogens with one attached hydrogen (secondary N) is 2. The van der Waals surface area contributed by atoms with Crippen LogP contribution in [0.3, 0.4) is 0 Å². The molecule has 0 radical (unpaired) electrons. The van der Waals surface area contributed by atoms with E-state index in [0.717, 1.165) is 17.2 Å². The van der Waals surface area contributed by atoms with Crippen molar-refractivity contribution in [3.8, 4) is 0 Å². The topological polar surface area (TPSA) is 92.9 Å². The predicted molar refractivity (Wildman–Crippen MR) is 80.3 cm³/mol. The fourth-order valence-electron chi connectivity index (χ4n) is 1.48. The van der Waals surface area contributed by atoms with Crippen LogP contribution in [0.15, 0.2) is 10.6 Å². The molecule has 0 fully saturated rings. The van der Waals surface area contributed by atoms with Crippen molar-refractivity contribution in [3.63, 3.8) is 0 Å². The molecule has 0 spiro atoms. The highest BCUT2D eigenvalue weighted by Gasteiger charge is 2.19. The maximum absolute atomic E-state index is 11.7. The second-order valence-corrected chi connectivity index (χ2v) is 6.59. The highest BCUT2D eigenvalue weighted by Crippen LogP contribution is 2.22. The van der Waals surface area contributed by atoms with Crippen LogP contribution in [0.2, 0.25) is 0 Å². The number of rotatable bonds is 4. The van der Waals surface area contributed by atoms with Crippen molar-refractivity contribution in [1.29, 1.82) is 0 Å². The Balaban J connectivity index is 1.85. The van der Waals surface area contributed by atoms with Crippen molar-refractivity contribution in [2.75, 3.05) is 5.32 Å². The summed E-state index contributed by atoms with van der Waals surface area (Å²) < 4.78 is 5.59. The number of nitrogens with zero attached hydrogens (tertiary/aromatic N) is 3. The van der Waals surface area contributed by atoms with Gasteiger partial charge in [-0.2, -0.15) is 0 Å². The molecule has 8 heteroatoms. The first-order valence-corrected chi connectivity index (χ1v) is 7.52. The minimum Gasteiger partial charge on any atom is -0.443 e. The van der Waals surface area contributed by atoms with E-state index in [9.17, 15) is 4.79 Å². The first-order valence-electron chi connectivity index (χ1n) is 6.71. The molecule has 2 N–H and O–H groups in total. The van der Waals surface area contributed by atoms with E-state index in [1.54, 1.807) is 6.20 Å². The van der Waals surface area contributed by atoms with Crippen LogP contribution in [0.25, 0.3) is 0 Å². The Bertz CT molecular complexity index is 614. The zero-order chi connectivity index (χ0) is 15.5. The number of aromatic nitrogens is 3. The molecule has 0 saturated heterocycles. The third-order valence-corrected chi connectivity index (χ3v) is 3.67. The number of carbonyl (C=O) groups is 1. The van der Waals surface area contributed by atoms with Crippen LogP contribution in [0, 0.1) is 0 Å². The van der Waals surface area contributed by atoms with E-state index in [-0.39, 0.29) is 18.0 Å². The fraction of sp³-hybridized carbons (Fsp3) is 0.538. The molecule has 0 atom stereocenters. The monoisotopic (exact) mass is 309 g/mol. The molecule has 21 heavy (non-hydrogen) atoms. The molecule has 2 heterocycles. The van der Waals surface area contributed by atoms with E-state index in [1.807, 2.05) is 27.7 Å². The molecule has 0 aromatic carbocycles. The maximum atomic E-state index is 11.7. The molecule has 7 nitrogen and oxygen atoms in total. The van der Waals surface area contributed by atoms with Gasteiger partial charge in [0.2, 0.25) is 11.0 Å². The molecule has 0 aliphatic carbocycles. The standard InChI is InChI=1S/C13H19N5O2S/c1-5-10-17-18-12(21-10)16-11(19)15-7-9-14-6-8(20-9)13(2,3)4/h6H,5,7H2,1-4H3,(H2,15,16,18,19). The van der Waals surface area contributed by atoms with E-state index in [2.05, 4.69) is 25.8 Å². The number of carbonyl (C=O) groups excluding carboxylic acids is 1. The Morgan fingerprint density at radius 2 is 2.14 bits per heavy atom. The zero-order valence-electron chi connectivity index (χ0n) is 12.6. The lowest BCUT2D eigenvalue weighted by atomic mass is 9.94. The number of anilines is 1. The van der Waals surface area contributed by atoms with Crippen LogP contribution >= 0.6 is 11.3 Å². The number of hydrogen-bond acceptors (Lipinski definition) is 6. The molecule has 0 unspecified atom stereocenters. The minimum atomic E-state index is -0.357. The quantitative estimate of drug-likeness (QED) is 0.905. The minimum absolute atomic E-state index is 0.101. The third-order valence-electron chi connectivity index (χ3n) is 2.68. The summed E-state index contributed by atoms with van der Waals surface area (Å²) in [5.74, 6) is 1.26. The van der Waals surface area contributed by atoms with Crippen molar-refractivity contribution in [1.82, 2.24) is 20.5 Å². The van der Waals surface area contributed by atoms with Crippen LogP contribution in [-0.4, -0.2) is 21.2 Å². The second kappa shape index (κ2) is 6.21. The first kappa shape index (κ1) is 15.4. The molecular formula is C13H19N5O2S. The van der Waals surface area contributed by atoms with Crippen LogP contribution in [0.5, 0.6) is 0 Å². The van der Waals surface area contributed by atoms with Crippen LogP contribution in [0.4, 0.5) is 9.93 Å². The van der Waals surface area contributed by atoms with Gasteiger partial charge in [-0.15, -0.1) is 10.2 Å². The Morgan fingerprint density at radius 1 is 1.38 bits per heavy atom. The Kier molecular flexibility index (Phi) is 4.56. The van der Waals surface area contributed by atoms with E-state index >= 15 is 0 Å². The first-order chi connectivity index (χ1) is 9.88. The van der Waals surface area contributed by atoms with Crippen molar-refractivity contribution < 1.29 is 9.21 Å². The smallest absolute Gasteiger partial charge is 0.321 e. The molecule has 2 aromatic rings. The average Bonchev–Trinajstić information content (AvgIpc) is 3.04. The molecule has 0 aliphatic heterocycles. The number of hydrogen-bond donors (Lipinski definition) is 2. The molecule has 0 aliphatic rings. The van der Waals surface area contributed by atoms with Gasteiger partial charge in [-0.05, 0) is 6.42 Å². The summed E-state index contributed by atoms with van der Waals surface area (Å²) >= 11 is 1.36. The lowest BCUT2D eigenvalue weighted by Crippen LogP contribution is -2.28. The predicted octanol–water partition coefficient (Wildman–Crippen LogP) is 2.71. The maximum Gasteiger partial charge on any atom is 0.321 e. The fourth-order valence-corrected chi connectivity index (χ4v) is 2.16. The second-order valence-electron chi connectivity index (χ2n) is 5.53. The number of amides is 2. The molecule has 2 amide bonds. The van der Waals surface area contributed by atoms with Gasteiger partial charge in [0.25, 0.3) is 0 Å². The third kappa shape index (κ3) is 4.25. The van der Waals surface area contributed by atoms with Gasteiger partial charge in [0, 0.05) is 5.41 Å². The Hall–Kier alpha value is -1.96. The Morgan fingerprint density at radius 3 is 2.71 bits per heavy atom. The summed E-state index contributed by atoms with van der Waals surface area (Å²) in [6.07, 6.45) is 2.49. The van der Waals surface area contributed by atoms with Gasteiger partial charge in [0.1, 0.15) is 10.8 Å².